The van der Waals surface area contributed by atoms with Crippen molar-refractivity contribution in [3.63, 3.8) is 0 Å². The molecule has 0 aromatic heterocycles. The van der Waals surface area contributed by atoms with Crippen LogP contribution < -0.4 is 16.5 Å². The molecule has 59 valence electrons. The van der Waals surface area contributed by atoms with E-state index in [-0.39, 0.29) is 0 Å². The van der Waals surface area contributed by atoms with Gasteiger partial charge in [0.15, 0.2) is 0 Å². The largest absolute Gasteiger partial charge is 0.377 e. The van der Waals surface area contributed by atoms with Crippen LogP contribution in [0.4, 0.5) is 0 Å². The minimum absolute atomic E-state index is 0.469. The lowest BCUT2D eigenvalue weighted by atomic mass is 10.6. The van der Waals surface area contributed by atoms with E-state index in [9.17, 15) is 0 Å². The van der Waals surface area contributed by atoms with Crippen LogP contribution >= 0.6 is 0 Å². The third kappa shape index (κ3) is 0.739. The summed E-state index contributed by atoms with van der Waals surface area (Å²) in [6, 6.07) is 0. The van der Waals surface area contributed by atoms with E-state index in [1.54, 1.807) is 6.34 Å². The molecule has 0 aromatic carbocycles. The lowest BCUT2D eigenvalue weighted by molar-refractivity contribution is 0.0802. The van der Waals surface area contributed by atoms with E-state index in [4.69, 9.17) is 11.6 Å². The fraction of sp³-hybridized carbons (Fsp3) is 0.400. The van der Waals surface area contributed by atoms with Crippen molar-refractivity contribution in [2.75, 3.05) is 13.7 Å². The average molecular weight is 154 g/mol. The topological polar surface area (TPSA) is 76.8 Å². The van der Waals surface area contributed by atoms with Crippen LogP contribution in [-0.2, 0) is 0 Å². The molecule has 1 radical (unpaired) electrons. The maximum Gasteiger partial charge on any atom is 0.333 e. The van der Waals surface area contributed by atoms with Crippen LogP contribution in [-0.4, -0.2) is 30.2 Å². The first-order chi connectivity index (χ1) is 5.20. The van der Waals surface area contributed by atoms with Crippen molar-refractivity contribution in [1.82, 2.24) is 15.0 Å². The van der Waals surface area contributed by atoms with Crippen LogP contribution in [0.25, 0.3) is 0 Å². The second kappa shape index (κ2) is 1.94. The number of aliphatic imine (C=N–C) groups is 1. The normalized spacial score (nSPS) is 25.5. The van der Waals surface area contributed by atoms with E-state index < -0.39 is 0 Å². The number of hydrogen-bond acceptors (Lipinski definition) is 6. The second-order valence-electron chi connectivity index (χ2n) is 2.57. The summed E-state index contributed by atoms with van der Waals surface area (Å²) in [5.41, 5.74) is 5.56. The highest BCUT2D eigenvalue weighted by molar-refractivity contribution is 5.67. The number of rotatable bonds is 0. The predicted octanol–water partition coefficient (Wildman–Crippen LogP) is -1.75. The molecule has 2 aliphatic heterocycles. The molecule has 0 spiro atoms. The molecule has 4 N–H and O–H groups in total. The fourth-order valence-electron chi connectivity index (χ4n) is 1.19. The Morgan fingerprint density at radius 2 is 2.45 bits per heavy atom. The number of nitrogens with two attached hydrogens (primary N) is 2. The average Bonchev–Trinajstić information content (AvgIpc) is 2.41. The molecular weight excluding hydrogens is 144 g/mol. The molecule has 0 saturated carbocycles. The molecule has 0 atom stereocenters. The molecule has 6 nitrogen and oxygen atoms in total. The molecule has 1 saturated heterocycles. The summed E-state index contributed by atoms with van der Waals surface area (Å²) in [7, 11) is 1.88. The Morgan fingerprint density at radius 1 is 1.73 bits per heavy atom. The summed E-state index contributed by atoms with van der Waals surface area (Å²) in [4.78, 5) is 5.80. The molecule has 2 aliphatic rings. The molecule has 0 bridgehead atoms. The summed E-state index contributed by atoms with van der Waals surface area (Å²) >= 11 is 0. The van der Waals surface area contributed by atoms with Crippen molar-refractivity contribution in [2.45, 2.75) is 0 Å². The van der Waals surface area contributed by atoms with Gasteiger partial charge in [-0.2, -0.15) is 10.1 Å². The monoisotopic (exact) mass is 154 g/mol. The molecule has 0 unspecified atom stereocenters. The zero-order valence-electron chi connectivity index (χ0n) is 6.23. The van der Waals surface area contributed by atoms with Gasteiger partial charge in [0, 0.05) is 7.05 Å². The quantitative estimate of drug-likeness (QED) is 0.320. The molecule has 0 amide bonds. The van der Waals surface area contributed by atoms with Crippen molar-refractivity contribution >= 4 is 6.34 Å². The van der Waals surface area contributed by atoms with Crippen LogP contribution in [0.15, 0.2) is 16.6 Å². The number of fused-ring (bicyclic) bond motifs is 1. The van der Waals surface area contributed by atoms with Crippen molar-refractivity contribution in [1.29, 1.82) is 0 Å². The maximum atomic E-state index is 5.65. The molecule has 1 fully saturated rings. The summed E-state index contributed by atoms with van der Waals surface area (Å²) < 4.78 is 0. The zero-order chi connectivity index (χ0) is 8.01. The van der Waals surface area contributed by atoms with E-state index in [0.29, 0.717) is 12.5 Å². The highest BCUT2D eigenvalue weighted by atomic mass is 15.8. The molecule has 0 aromatic rings. The fourth-order valence-corrected chi connectivity index (χ4v) is 1.19. The van der Waals surface area contributed by atoms with E-state index in [2.05, 4.69) is 4.99 Å². The maximum absolute atomic E-state index is 5.65. The minimum atomic E-state index is 0.469. The predicted molar refractivity (Wildman–Crippen MR) is 40.5 cm³/mol. The van der Waals surface area contributed by atoms with Crippen LogP contribution in [0.2, 0.25) is 0 Å². The number of nitrogens with zero attached hydrogens (tertiary/aromatic N) is 4. The third-order valence-corrected chi connectivity index (χ3v) is 1.78. The first-order valence-electron chi connectivity index (χ1n) is 3.26. The second-order valence-corrected chi connectivity index (χ2v) is 2.57. The van der Waals surface area contributed by atoms with Crippen molar-refractivity contribution in [2.24, 2.45) is 16.6 Å². The van der Waals surface area contributed by atoms with Gasteiger partial charge < -0.3 is 5.73 Å². The SMILES string of the molecule is CN1C[N+]2C=NC(N)=C2N1N. The van der Waals surface area contributed by atoms with E-state index in [0.717, 1.165) is 5.82 Å². The van der Waals surface area contributed by atoms with Crippen molar-refractivity contribution < 1.29 is 0 Å². The van der Waals surface area contributed by atoms with Crippen molar-refractivity contribution in [3.8, 4) is 0 Å². The van der Waals surface area contributed by atoms with Gasteiger partial charge >= 0.3 is 5.82 Å². The smallest absolute Gasteiger partial charge is 0.333 e. The van der Waals surface area contributed by atoms with Crippen LogP contribution in [0, 0.1) is 0 Å². The van der Waals surface area contributed by atoms with Gasteiger partial charge in [-0.25, -0.2) is 5.84 Å². The Hall–Kier alpha value is -1.11. The standard InChI is InChI=1S/C5H10N6/c1-9-3-10-2-8-4(6)5(10)11(9)7/h2H,3,6-7H2,1H3/q+1. The Morgan fingerprint density at radius 3 is 3.09 bits per heavy atom. The lowest BCUT2D eigenvalue weighted by Gasteiger charge is -2.12. The van der Waals surface area contributed by atoms with Gasteiger partial charge in [-0.05, 0) is 4.90 Å². The lowest BCUT2D eigenvalue weighted by Crippen LogP contribution is -2.38. The summed E-state index contributed by atoms with van der Waals surface area (Å²) in [5, 5.41) is 3.33. The first kappa shape index (κ1) is 6.59. The van der Waals surface area contributed by atoms with Gasteiger partial charge in [0.25, 0.3) is 0 Å². The van der Waals surface area contributed by atoms with Crippen LogP contribution in [0.1, 0.15) is 0 Å². The molecule has 6 heteroatoms. The van der Waals surface area contributed by atoms with Gasteiger partial charge in [0.2, 0.25) is 18.8 Å². The molecule has 0 aliphatic carbocycles. The molecular formula is C5H10N6+. The summed E-state index contributed by atoms with van der Waals surface area (Å²) in [5.74, 6) is 6.88. The van der Waals surface area contributed by atoms with Gasteiger partial charge in [-0.1, -0.05) is 0 Å². The Labute approximate surface area is 64.3 Å². The van der Waals surface area contributed by atoms with Gasteiger partial charge in [0.05, 0.1) is 0 Å². The van der Waals surface area contributed by atoms with E-state index in [1.807, 2.05) is 17.0 Å². The van der Waals surface area contributed by atoms with Crippen molar-refractivity contribution in [3.05, 3.63) is 11.6 Å². The van der Waals surface area contributed by atoms with Crippen LogP contribution in [0.3, 0.4) is 0 Å². The zero-order valence-corrected chi connectivity index (χ0v) is 6.23. The molecule has 2 rings (SSSR count). The van der Waals surface area contributed by atoms with Crippen LogP contribution in [0.5, 0.6) is 0 Å². The van der Waals surface area contributed by atoms with E-state index >= 15 is 0 Å². The van der Waals surface area contributed by atoms with Gasteiger partial charge in [-0.3, -0.25) is 0 Å². The summed E-state index contributed by atoms with van der Waals surface area (Å²) in [6.07, 6.45) is 1.67. The van der Waals surface area contributed by atoms with Gasteiger partial charge in [0.1, 0.15) is 0 Å². The highest BCUT2D eigenvalue weighted by Crippen LogP contribution is 2.19. The Balaban J connectivity index is 2.35. The first-order valence-corrected chi connectivity index (χ1v) is 3.26. The van der Waals surface area contributed by atoms with Gasteiger partial charge in [-0.15, -0.1) is 5.01 Å². The summed E-state index contributed by atoms with van der Waals surface area (Å²) in [6.45, 7) is 0.704. The molecule has 2 heterocycles. The Kier molecular flexibility index (Phi) is 1.16. The highest BCUT2D eigenvalue weighted by Gasteiger charge is 2.43. The number of hydrogen-bond donors (Lipinski definition) is 2. The number of hydrazine groups is 2. The van der Waals surface area contributed by atoms with E-state index in [1.165, 1.54) is 5.12 Å². The minimum Gasteiger partial charge on any atom is -0.377 e. The molecule has 11 heavy (non-hydrogen) atoms. The third-order valence-electron chi connectivity index (χ3n) is 1.78. The Bertz CT molecular complexity index is 243.